The number of piperidine rings is 1. The summed E-state index contributed by atoms with van der Waals surface area (Å²) in [5.74, 6) is 0.258. The van der Waals surface area contributed by atoms with Crippen LogP contribution in [-0.2, 0) is 11.2 Å². The number of nitrogens with zero attached hydrogens (tertiary/aromatic N) is 1. The van der Waals surface area contributed by atoms with Gasteiger partial charge in [-0.15, -0.1) is 0 Å². The first-order valence-electron chi connectivity index (χ1n) is 6.85. The molecule has 3 rings (SSSR count). The van der Waals surface area contributed by atoms with Crippen LogP contribution >= 0.6 is 15.9 Å². The smallest absolute Gasteiger partial charge is 0.136 e. The van der Waals surface area contributed by atoms with Crippen molar-refractivity contribution in [2.45, 2.75) is 44.2 Å². The van der Waals surface area contributed by atoms with Gasteiger partial charge in [0.15, 0.2) is 0 Å². The average molecular weight is 326 g/mol. The normalized spacial score (nSPS) is 26.9. The molecule has 2 atom stereocenters. The van der Waals surface area contributed by atoms with Gasteiger partial charge in [-0.1, -0.05) is 22.0 Å². The van der Waals surface area contributed by atoms with E-state index in [1.165, 1.54) is 6.07 Å². The van der Waals surface area contributed by atoms with E-state index in [2.05, 4.69) is 20.8 Å². The van der Waals surface area contributed by atoms with E-state index in [1.807, 2.05) is 12.1 Å². The number of hydrogen-bond acceptors (Lipinski definition) is 2. The van der Waals surface area contributed by atoms with Crippen LogP contribution in [-0.4, -0.2) is 29.3 Å². The zero-order chi connectivity index (χ0) is 13.4. The summed E-state index contributed by atoms with van der Waals surface area (Å²) < 4.78 is 14.5. The SMILES string of the molecule is O=C1CC2CCC(C1)N2CCc1ccc(Br)cc1F. The minimum atomic E-state index is -0.144. The summed E-state index contributed by atoms with van der Waals surface area (Å²) in [5, 5.41) is 0. The van der Waals surface area contributed by atoms with Gasteiger partial charge < -0.3 is 0 Å². The first-order valence-corrected chi connectivity index (χ1v) is 7.64. The number of hydrogen-bond donors (Lipinski definition) is 0. The summed E-state index contributed by atoms with van der Waals surface area (Å²) in [6.45, 7) is 0.862. The molecule has 4 heteroatoms. The number of carbonyl (C=O) groups excluding carboxylic acids is 1. The molecule has 0 amide bonds. The molecule has 102 valence electrons. The third-order valence-corrected chi connectivity index (χ3v) is 4.85. The molecule has 2 bridgehead atoms. The van der Waals surface area contributed by atoms with E-state index in [-0.39, 0.29) is 5.82 Å². The molecular weight excluding hydrogens is 309 g/mol. The lowest BCUT2D eigenvalue weighted by Crippen LogP contribution is -2.44. The topological polar surface area (TPSA) is 20.3 Å². The van der Waals surface area contributed by atoms with Crippen LogP contribution in [0.25, 0.3) is 0 Å². The minimum Gasteiger partial charge on any atom is -0.300 e. The minimum absolute atomic E-state index is 0.144. The Morgan fingerprint density at radius 2 is 1.95 bits per heavy atom. The van der Waals surface area contributed by atoms with Crippen molar-refractivity contribution in [1.29, 1.82) is 0 Å². The Labute approximate surface area is 121 Å². The average Bonchev–Trinajstić information content (AvgIpc) is 2.60. The van der Waals surface area contributed by atoms with Crippen molar-refractivity contribution in [2.75, 3.05) is 6.54 Å². The number of fused-ring (bicyclic) bond motifs is 2. The van der Waals surface area contributed by atoms with Gasteiger partial charge in [-0.05, 0) is 37.0 Å². The fraction of sp³-hybridized carbons (Fsp3) is 0.533. The molecular formula is C15H17BrFNO. The number of Topliss-reactive ketones (excluding diaryl/α,β-unsaturated/α-hetero) is 1. The van der Waals surface area contributed by atoms with Gasteiger partial charge in [0.25, 0.3) is 0 Å². The summed E-state index contributed by atoms with van der Waals surface area (Å²) in [7, 11) is 0. The molecule has 0 radical (unpaired) electrons. The Hall–Kier alpha value is -0.740. The van der Waals surface area contributed by atoms with Crippen LogP contribution in [0.5, 0.6) is 0 Å². The molecule has 2 aliphatic heterocycles. The van der Waals surface area contributed by atoms with Gasteiger partial charge >= 0.3 is 0 Å². The van der Waals surface area contributed by atoms with Crippen LogP contribution in [0.2, 0.25) is 0 Å². The Balaban J connectivity index is 1.65. The molecule has 2 nitrogen and oxygen atoms in total. The Kier molecular flexibility index (Phi) is 3.72. The number of rotatable bonds is 3. The maximum Gasteiger partial charge on any atom is 0.136 e. The lowest BCUT2D eigenvalue weighted by molar-refractivity contribution is -0.123. The molecule has 2 aliphatic rings. The van der Waals surface area contributed by atoms with Crippen molar-refractivity contribution in [3.63, 3.8) is 0 Å². The van der Waals surface area contributed by atoms with E-state index in [0.717, 1.165) is 35.8 Å². The quantitative estimate of drug-likeness (QED) is 0.849. The number of ketones is 1. The molecule has 0 saturated carbocycles. The molecule has 0 aromatic heterocycles. The molecule has 2 heterocycles. The summed E-state index contributed by atoms with van der Waals surface area (Å²) in [6, 6.07) is 6.06. The highest BCUT2D eigenvalue weighted by molar-refractivity contribution is 9.10. The van der Waals surface area contributed by atoms with Crippen molar-refractivity contribution in [1.82, 2.24) is 4.90 Å². The van der Waals surface area contributed by atoms with Gasteiger partial charge in [-0.2, -0.15) is 0 Å². The highest BCUT2D eigenvalue weighted by Crippen LogP contribution is 2.34. The molecule has 0 aliphatic carbocycles. The molecule has 0 N–H and O–H groups in total. The van der Waals surface area contributed by atoms with Crippen LogP contribution in [0.4, 0.5) is 4.39 Å². The third kappa shape index (κ3) is 2.75. The summed E-state index contributed by atoms with van der Waals surface area (Å²) in [5.41, 5.74) is 0.763. The lowest BCUT2D eigenvalue weighted by atomic mass is 10.0. The molecule has 19 heavy (non-hydrogen) atoms. The van der Waals surface area contributed by atoms with Crippen molar-refractivity contribution >= 4 is 21.7 Å². The first-order chi connectivity index (χ1) is 9.13. The van der Waals surface area contributed by atoms with Gasteiger partial charge in [0.1, 0.15) is 11.6 Å². The maximum absolute atomic E-state index is 13.8. The molecule has 1 aromatic carbocycles. The highest BCUT2D eigenvalue weighted by Gasteiger charge is 2.39. The molecule has 2 saturated heterocycles. The van der Waals surface area contributed by atoms with Gasteiger partial charge in [-0.3, -0.25) is 9.69 Å². The molecule has 1 aromatic rings. The Morgan fingerprint density at radius 1 is 1.26 bits per heavy atom. The summed E-state index contributed by atoms with van der Waals surface area (Å²) in [6.07, 6.45) is 4.36. The van der Waals surface area contributed by atoms with E-state index in [1.54, 1.807) is 0 Å². The van der Waals surface area contributed by atoms with Crippen LogP contribution < -0.4 is 0 Å². The largest absolute Gasteiger partial charge is 0.300 e. The second-order valence-corrected chi connectivity index (χ2v) is 6.47. The monoisotopic (exact) mass is 325 g/mol. The van der Waals surface area contributed by atoms with Crippen molar-refractivity contribution in [3.05, 3.63) is 34.1 Å². The second kappa shape index (κ2) is 5.33. The maximum atomic E-state index is 13.8. The van der Waals surface area contributed by atoms with Gasteiger partial charge in [0.05, 0.1) is 0 Å². The second-order valence-electron chi connectivity index (χ2n) is 5.56. The fourth-order valence-corrected chi connectivity index (χ4v) is 3.73. The third-order valence-electron chi connectivity index (χ3n) is 4.35. The van der Waals surface area contributed by atoms with Crippen molar-refractivity contribution in [3.8, 4) is 0 Å². The van der Waals surface area contributed by atoms with E-state index in [9.17, 15) is 9.18 Å². The van der Waals surface area contributed by atoms with Crippen LogP contribution in [0.1, 0.15) is 31.2 Å². The van der Waals surface area contributed by atoms with Gasteiger partial charge in [0.2, 0.25) is 0 Å². The zero-order valence-corrected chi connectivity index (χ0v) is 12.3. The predicted octanol–water partition coefficient (Wildman–Crippen LogP) is 3.33. The summed E-state index contributed by atoms with van der Waals surface area (Å²) >= 11 is 3.27. The van der Waals surface area contributed by atoms with Gasteiger partial charge in [-0.25, -0.2) is 4.39 Å². The van der Waals surface area contributed by atoms with Crippen molar-refractivity contribution < 1.29 is 9.18 Å². The van der Waals surface area contributed by atoms with E-state index in [0.29, 0.717) is 30.7 Å². The van der Waals surface area contributed by atoms with E-state index in [4.69, 9.17) is 0 Å². The predicted molar refractivity (Wildman–Crippen MR) is 75.6 cm³/mol. The van der Waals surface area contributed by atoms with Crippen LogP contribution in [0.3, 0.4) is 0 Å². The van der Waals surface area contributed by atoms with E-state index >= 15 is 0 Å². The Morgan fingerprint density at radius 3 is 2.58 bits per heavy atom. The molecule has 0 spiro atoms. The first kappa shape index (κ1) is 13.3. The number of benzene rings is 1. The number of halogens is 2. The standard InChI is InChI=1S/C15H17BrFNO/c16-11-2-1-10(15(17)7-11)5-6-18-12-3-4-13(18)9-14(19)8-12/h1-2,7,12-13H,3-6,8-9H2. The van der Waals surface area contributed by atoms with Crippen LogP contribution in [0, 0.1) is 5.82 Å². The number of carbonyl (C=O) groups is 1. The molecule has 2 fully saturated rings. The lowest BCUT2D eigenvalue weighted by Gasteiger charge is -2.33. The van der Waals surface area contributed by atoms with Crippen LogP contribution in [0.15, 0.2) is 22.7 Å². The van der Waals surface area contributed by atoms with E-state index < -0.39 is 0 Å². The fourth-order valence-electron chi connectivity index (χ4n) is 3.40. The van der Waals surface area contributed by atoms with Crippen molar-refractivity contribution in [2.24, 2.45) is 0 Å². The summed E-state index contributed by atoms with van der Waals surface area (Å²) in [4.78, 5) is 14.0. The zero-order valence-electron chi connectivity index (χ0n) is 10.7. The highest BCUT2D eigenvalue weighted by atomic mass is 79.9. The molecule has 2 unspecified atom stereocenters. The Bertz CT molecular complexity index is 489. The van der Waals surface area contributed by atoms with Gasteiger partial charge in [0, 0.05) is 35.9 Å².